The summed E-state index contributed by atoms with van der Waals surface area (Å²) in [6.45, 7) is 13.4. The minimum Gasteiger partial charge on any atom is -0.357 e. The topological polar surface area (TPSA) is 60.0 Å². The summed E-state index contributed by atoms with van der Waals surface area (Å²) in [5, 5.41) is 6.84. The zero-order valence-electron chi connectivity index (χ0n) is 16.4. The molecule has 0 aromatic rings. The van der Waals surface area contributed by atoms with E-state index < -0.39 is 0 Å². The molecule has 2 unspecified atom stereocenters. The summed E-state index contributed by atoms with van der Waals surface area (Å²) < 4.78 is 0. The van der Waals surface area contributed by atoms with Crippen molar-refractivity contribution in [1.29, 1.82) is 0 Å². The van der Waals surface area contributed by atoms with Crippen molar-refractivity contribution in [2.24, 2.45) is 10.9 Å². The van der Waals surface area contributed by atoms with Gasteiger partial charge in [-0.15, -0.1) is 0 Å². The van der Waals surface area contributed by atoms with Crippen LogP contribution in [0.2, 0.25) is 0 Å². The molecular formula is C19H37N5O. The zero-order valence-corrected chi connectivity index (χ0v) is 16.4. The first-order valence-corrected chi connectivity index (χ1v) is 10.2. The van der Waals surface area contributed by atoms with Crippen molar-refractivity contribution in [2.45, 2.75) is 58.9 Å². The number of amides is 1. The van der Waals surface area contributed by atoms with E-state index in [4.69, 9.17) is 4.99 Å². The lowest BCUT2D eigenvalue weighted by molar-refractivity contribution is -0.129. The van der Waals surface area contributed by atoms with Crippen LogP contribution in [0.5, 0.6) is 0 Å². The zero-order chi connectivity index (χ0) is 18.1. The second-order valence-corrected chi connectivity index (χ2v) is 7.49. The molecule has 2 fully saturated rings. The molecule has 25 heavy (non-hydrogen) atoms. The summed E-state index contributed by atoms with van der Waals surface area (Å²) in [4.78, 5) is 21.1. The normalized spacial score (nSPS) is 25.2. The first-order chi connectivity index (χ1) is 12.1. The molecule has 2 atom stereocenters. The molecule has 2 heterocycles. The van der Waals surface area contributed by atoms with Crippen LogP contribution in [0.25, 0.3) is 0 Å². The van der Waals surface area contributed by atoms with E-state index in [1.807, 2.05) is 11.8 Å². The number of nitrogens with one attached hydrogen (secondary N) is 2. The van der Waals surface area contributed by atoms with Crippen LogP contribution in [0.15, 0.2) is 4.99 Å². The van der Waals surface area contributed by atoms with Crippen molar-refractivity contribution in [2.75, 3.05) is 45.8 Å². The van der Waals surface area contributed by atoms with Crippen LogP contribution in [0, 0.1) is 5.92 Å². The fraction of sp³-hybridized carbons (Fsp3) is 0.895. The Morgan fingerprint density at radius 1 is 1.20 bits per heavy atom. The number of carbonyl (C=O) groups excluding carboxylic acids is 1. The molecule has 6 nitrogen and oxygen atoms in total. The Morgan fingerprint density at radius 2 is 2.04 bits per heavy atom. The molecule has 1 amide bonds. The van der Waals surface area contributed by atoms with Crippen LogP contribution in [0.3, 0.4) is 0 Å². The quantitative estimate of drug-likeness (QED) is 0.416. The van der Waals surface area contributed by atoms with Gasteiger partial charge in [0.15, 0.2) is 5.96 Å². The molecule has 0 aromatic carbocycles. The van der Waals surface area contributed by atoms with Gasteiger partial charge < -0.3 is 20.4 Å². The monoisotopic (exact) mass is 351 g/mol. The molecule has 0 aliphatic carbocycles. The number of carbonyl (C=O) groups is 1. The maximum atomic E-state index is 11.8. The molecule has 2 saturated heterocycles. The Morgan fingerprint density at radius 3 is 2.76 bits per heavy atom. The highest BCUT2D eigenvalue weighted by Crippen LogP contribution is 2.15. The minimum absolute atomic E-state index is 0.252. The third kappa shape index (κ3) is 6.84. The Hall–Kier alpha value is -1.30. The maximum Gasteiger partial charge on any atom is 0.222 e. The molecule has 144 valence electrons. The molecule has 2 N–H and O–H groups in total. The fourth-order valence-electron chi connectivity index (χ4n) is 3.82. The average molecular weight is 352 g/mol. The van der Waals surface area contributed by atoms with Crippen molar-refractivity contribution >= 4 is 11.9 Å². The number of nitrogens with zero attached hydrogens (tertiary/aromatic N) is 3. The molecule has 2 aliphatic rings. The van der Waals surface area contributed by atoms with E-state index in [2.05, 4.69) is 29.4 Å². The summed E-state index contributed by atoms with van der Waals surface area (Å²) in [6.07, 6.45) is 5.41. The van der Waals surface area contributed by atoms with Crippen molar-refractivity contribution < 1.29 is 4.79 Å². The first kappa shape index (κ1) is 20.0. The Labute approximate surface area is 153 Å². The minimum atomic E-state index is 0.252. The first-order valence-electron chi connectivity index (χ1n) is 10.2. The van der Waals surface area contributed by atoms with E-state index in [-0.39, 0.29) is 5.91 Å². The van der Waals surface area contributed by atoms with Gasteiger partial charge in [0, 0.05) is 45.2 Å². The highest BCUT2D eigenvalue weighted by atomic mass is 16.2. The van der Waals surface area contributed by atoms with Gasteiger partial charge in [-0.3, -0.25) is 9.79 Å². The predicted molar refractivity (Wildman–Crippen MR) is 104 cm³/mol. The van der Waals surface area contributed by atoms with Crippen molar-refractivity contribution in [3.05, 3.63) is 0 Å². The molecule has 0 radical (unpaired) electrons. The highest BCUT2D eigenvalue weighted by Gasteiger charge is 2.25. The van der Waals surface area contributed by atoms with Gasteiger partial charge in [0.1, 0.15) is 0 Å². The Bertz CT molecular complexity index is 440. The molecule has 0 aromatic heterocycles. The van der Waals surface area contributed by atoms with Gasteiger partial charge in [-0.2, -0.15) is 0 Å². The van der Waals surface area contributed by atoms with E-state index in [0.29, 0.717) is 12.5 Å². The van der Waals surface area contributed by atoms with Gasteiger partial charge in [-0.05, 0) is 51.6 Å². The Kier molecular flexibility index (Phi) is 8.52. The number of likely N-dealkylation sites (tertiary alicyclic amines) is 2. The van der Waals surface area contributed by atoms with E-state index in [1.54, 1.807) is 0 Å². The number of hydrogen-bond acceptors (Lipinski definition) is 3. The van der Waals surface area contributed by atoms with Crippen LogP contribution in [0.1, 0.15) is 52.9 Å². The van der Waals surface area contributed by atoms with Crippen LogP contribution in [-0.4, -0.2) is 73.5 Å². The summed E-state index contributed by atoms with van der Waals surface area (Å²) in [5.74, 6) is 1.99. The number of piperidine rings is 1. The lowest BCUT2D eigenvalue weighted by Crippen LogP contribution is -2.45. The van der Waals surface area contributed by atoms with Crippen LogP contribution in [0.4, 0.5) is 0 Å². The van der Waals surface area contributed by atoms with Gasteiger partial charge in [0.05, 0.1) is 0 Å². The number of guanidine groups is 1. The van der Waals surface area contributed by atoms with Crippen molar-refractivity contribution in [3.8, 4) is 0 Å². The third-order valence-corrected chi connectivity index (χ3v) is 5.17. The largest absolute Gasteiger partial charge is 0.357 e. The van der Waals surface area contributed by atoms with Gasteiger partial charge in [-0.1, -0.05) is 13.8 Å². The smallest absolute Gasteiger partial charge is 0.222 e. The average Bonchev–Trinajstić information content (AvgIpc) is 3.07. The molecule has 0 saturated carbocycles. The van der Waals surface area contributed by atoms with Crippen molar-refractivity contribution in [3.63, 3.8) is 0 Å². The summed E-state index contributed by atoms with van der Waals surface area (Å²) in [7, 11) is 0. The second-order valence-electron chi connectivity index (χ2n) is 7.49. The number of aliphatic imine (C=N–C) groups is 1. The van der Waals surface area contributed by atoms with E-state index in [9.17, 15) is 4.79 Å². The number of hydrogen-bond donors (Lipinski definition) is 2. The molecule has 2 rings (SSSR count). The lowest BCUT2D eigenvalue weighted by Gasteiger charge is -2.30. The SMILES string of the molecule is CCNC(=NCCCN1CCCC(C)C1)NC1CCN(C(=O)CC)C1. The standard InChI is InChI=1S/C19H37N5O/c1-4-18(25)24-13-9-17(15-24)22-19(20-5-2)21-10-7-12-23-11-6-8-16(3)14-23/h16-17H,4-15H2,1-3H3,(H2,20,21,22). The van der Waals surface area contributed by atoms with Gasteiger partial charge in [0.2, 0.25) is 5.91 Å². The van der Waals surface area contributed by atoms with Gasteiger partial charge in [0.25, 0.3) is 0 Å². The summed E-state index contributed by atoms with van der Waals surface area (Å²) >= 11 is 0. The maximum absolute atomic E-state index is 11.8. The highest BCUT2D eigenvalue weighted by molar-refractivity contribution is 5.80. The van der Waals surface area contributed by atoms with Gasteiger partial charge in [-0.25, -0.2) is 0 Å². The van der Waals surface area contributed by atoms with Crippen LogP contribution >= 0.6 is 0 Å². The molecule has 0 bridgehead atoms. The fourth-order valence-corrected chi connectivity index (χ4v) is 3.82. The van der Waals surface area contributed by atoms with E-state index >= 15 is 0 Å². The van der Waals surface area contributed by atoms with E-state index in [0.717, 1.165) is 57.4 Å². The van der Waals surface area contributed by atoms with Gasteiger partial charge >= 0.3 is 0 Å². The summed E-state index contributed by atoms with van der Waals surface area (Å²) in [5.41, 5.74) is 0. The second kappa shape index (κ2) is 10.6. The predicted octanol–water partition coefficient (Wildman–Crippen LogP) is 1.67. The molecule has 6 heteroatoms. The van der Waals surface area contributed by atoms with Crippen LogP contribution < -0.4 is 10.6 Å². The summed E-state index contributed by atoms with van der Waals surface area (Å²) in [6, 6.07) is 0.316. The molecular weight excluding hydrogens is 314 g/mol. The van der Waals surface area contributed by atoms with E-state index in [1.165, 1.54) is 25.9 Å². The molecule has 2 aliphatic heterocycles. The van der Waals surface area contributed by atoms with Crippen molar-refractivity contribution in [1.82, 2.24) is 20.4 Å². The third-order valence-electron chi connectivity index (χ3n) is 5.17. The lowest BCUT2D eigenvalue weighted by atomic mass is 10.0. The number of rotatable bonds is 7. The Balaban J connectivity index is 1.72. The van der Waals surface area contributed by atoms with Crippen LogP contribution in [-0.2, 0) is 4.79 Å². The molecule has 0 spiro atoms.